The Balaban J connectivity index is 1.57. The highest BCUT2D eigenvalue weighted by molar-refractivity contribution is 7.21. The summed E-state index contributed by atoms with van der Waals surface area (Å²) in [5.74, 6) is -0.325. The molecule has 2 fully saturated rings. The maximum absolute atomic E-state index is 14.7. The van der Waals surface area contributed by atoms with Gasteiger partial charge < -0.3 is 19.1 Å². The smallest absolute Gasteiger partial charge is 0.332 e. The third-order valence-electron chi connectivity index (χ3n) is 8.43. The average molecular weight is 627 g/mol. The first-order valence-corrected chi connectivity index (χ1v) is 15.6. The van der Waals surface area contributed by atoms with Crippen LogP contribution >= 0.6 is 11.3 Å². The summed E-state index contributed by atoms with van der Waals surface area (Å²) < 4.78 is 35.0. The molecule has 2 atom stereocenters. The van der Waals surface area contributed by atoms with Gasteiger partial charge in [0.15, 0.2) is 0 Å². The molecule has 14 heteroatoms. The summed E-state index contributed by atoms with van der Waals surface area (Å²) in [6, 6.07) is 3.24. The first kappa shape index (κ1) is 30.2. The van der Waals surface area contributed by atoms with Gasteiger partial charge in [0.2, 0.25) is 5.91 Å². The number of benzene rings is 1. The fraction of sp³-hybridized carbons (Fsp3) is 0.500. The van der Waals surface area contributed by atoms with Crippen LogP contribution in [-0.2, 0) is 20.8 Å². The lowest BCUT2D eigenvalue weighted by molar-refractivity contribution is -0.137. The van der Waals surface area contributed by atoms with Crippen molar-refractivity contribution in [3.8, 4) is 10.8 Å². The number of rotatable bonds is 9. The van der Waals surface area contributed by atoms with E-state index in [2.05, 4.69) is 10.2 Å². The molecule has 2 saturated heterocycles. The van der Waals surface area contributed by atoms with E-state index >= 15 is 0 Å². The topological polar surface area (TPSA) is 123 Å². The summed E-state index contributed by atoms with van der Waals surface area (Å²) in [4.78, 5) is 45.6. The molecule has 4 aromatic rings. The van der Waals surface area contributed by atoms with Crippen molar-refractivity contribution in [2.45, 2.75) is 64.3 Å². The van der Waals surface area contributed by atoms with Crippen LogP contribution in [0.4, 0.5) is 4.39 Å². The van der Waals surface area contributed by atoms with Crippen molar-refractivity contribution >= 4 is 27.5 Å². The fourth-order valence-electron chi connectivity index (χ4n) is 6.16. The minimum Gasteiger partial charge on any atom is -0.496 e. The standard InChI is InChI=1S/C30H35FN6O6S/c1-4-34-13-5-6-22(26(34)38)36-27(39)25-18(2)28(37-32-11-12-33-37)44-29(25)35(30(36)40)17-24(43-20-9-14-42-15-10-20)21-16-19(31)7-8-23(21)41-3/h7-8,11-12,16,20,22,24H,4-6,9-10,13-15,17H2,1-3H3/t22?,24-/m0/s1. The van der Waals surface area contributed by atoms with Gasteiger partial charge in [0.25, 0.3) is 5.56 Å². The second kappa shape index (κ2) is 12.6. The lowest BCUT2D eigenvalue weighted by atomic mass is 10.0. The molecule has 44 heavy (non-hydrogen) atoms. The molecule has 5 heterocycles. The second-order valence-corrected chi connectivity index (χ2v) is 12.0. The number of halogens is 1. The Hall–Kier alpha value is -3.88. The van der Waals surface area contributed by atoms with Gasteiger partial charge in [0.1, 0.15) is 33.5 Å². The zero-order valence-corrected chi connectivity index (χ0v) is 25.7. The Labute approximate surface area is 256 Å². The van der Waals surface area contributed by atoms with Crippen LogP contribution in [0.2, 0.25) is 0 Å². The molecule has 12 nitrogen and oxygen atoms in total. The number of amides is 1. The molecular formula is C30H35FN6O6S. The number of aryl methyl sites for hydroxylation is 1. The van der Waals surface area contributed by atoms with E-state index in [0.29, 0.717) is 84.1 Å². The number of thiophene rings is 1. The molecule has 0 bridgehead atoms. The van der Waals surface area contributed by atoms with Crippen LogP contribution in [0.5, 0.6) is 5.75 Å². The lowest BCUT2D eigenvalue weighted by Crippen LogP contribution is -2.50. The van der Waals surface area contributed by atoms with Gasteiger partial charge >= 0.3 is 5.69 Å². The monoisotopic (exact) mass is 626 g/mol. The Morgan fingerprint density at radius 2 is 1.89 bits per heavy atom. The van der Waals surface area contributed by atoms with Crippen molar-refractivity contribution in [3.63, 3.8) is 0 Å². The van der Waals surface area contributed by atoms with Crippen LogP contribution in [0.1, 0.15) is 55.9 Å². The van der Waals surface area contributed by atoms with Crippen LogP contribution < -0.4 is 16.0 Å². The summed E-state index contributed by atoms with van der Waals surface area (Å²) in [5, 5.41) is 9.38. The van der Waals surface area contributed by atoms with Gasteiger partial charge in [0.05, 0.1) is 37.5 Å². The first-order chi connectivity index (χ1) is 21.3. The van der Waals surface area contributed by atoms with Crippen LogP contribution in [0.3, 0.4) is 0 Å². The van der Waals surface area contributed by atoms with Gasteiger partial charge in [-0.15, -0.1) is 4.80 Å². The highest BCUT2D eigenvalue weighted by atomic mass is 32.1. The number of hydrogen-bond acceptors (Lipinski definition) is 9. The highest BCUT2D eigenvalue weighted by Crippen LogP contribution is 2.35. The number of nitrogens with zero attached hydrogens (tertiary/aromatic N) is 6. The molecule has 0 aliphatic carbocycles. The van der Waals surface area contributed by atoms with E-state index in [1.807, 2.05) is 6.92 Å². The van der Waals surface area contributed by atoms with E-state index in [-0.39, 0.29) is 18.6 Å². The number of likely N-dealkylation sites (N-methyl/N-ethyl adjacent to an activating group) is 1. The molecule has 1 unspecified atom stereocenters. The Morgan fingerprint density at radius 1 is 1.14 bits per heavy atom. The van der Waals surface area contributed by atoms with Gasteiger partial charge in [-0.2, -0.15) is 10.2 Å². The maximum atomic E-state index is 14.7. The Bertz CT molecular complexity index is 1780. The molecule has 0 saturated carbocycles. The molecule has 2 aliphatic rings. The van der Waals surface area contributed by atoms with Crippen LogP contribution in [-0.4, -0.2) is 74.5 Å². The molecule has 0 N–H and O–H groups in total. The van der Waals surface area contributed by atoms with Gasteiger partial charge in [-0.3, -0.25) is 14.2 Å². The van der Waals surface area contributed by atoms with Gasteiger partial charge in [-0.05, 0) is 57.7 Å². The number of ether oxygens (including phenoxy) is 3. The van der Waals surface area contributed by atoms with E-state index in [4.69, 9.17) is 14.2 Å². The molecule has 3 aromatic heterocycles. The fourth-order valence-corrected chi connectivity index (χ4v) is 7.37. The number of likely N-dealkylation sites (tertiary alicyclic amines) is 1. The Morgan fingerprint density at radius 3 is 2.59 bits per heavy atom. The summed E-state index contributed by atoms with van der Waals surface area (Å²) in [5.41, 5.74) is -0.134. The summed E-state index contributed by atoms with van der Waals surface area (Å²) >= 11 is 1.21. The van der Waals surface area contributed by atoms with E-state index in [1.54, 1.807) is 11.8 Å². The minimum absolute atomic E-state index is 0.0584. The molecule has 1 amide bonds. The minimum atomic E-state index is -0.941. The zero-order valence-electron chi connectivity index (χ0n) is 24.9. The highest BCUT2D eigenvalue weighted by Gasteiger charge is 2.35. The maximum Gasteiger partial charge on any atom is 0.332 e. The van der Waals surface area contributed by atoms with E-state index < -0.39 is 29.2 Å². The van der Waals surface area contributed by atoms with Crippen molar-refractivity contribution in [3.05, 3.63) is 68.4 Å². The largest absolute Gasteiger partial charge is 0.496 e. The average Bonchev–Trinajstić information content (AvgIpc) is 3.68. The molecule has 0 radical (unpaired) electrons. The number of hydrogen-bond donors (Lipinski definition) is 0. The first-order valence-electron chi connectivity index (χ1n) is 14.8. The van der Waals surface area contributed by atoms with Crippen molar-refractivity contribution in [1.29, 1.82) is 0 Å². The van der Waals surface area contributed by atoms with Crippen molar-refractivity contribution in [2.24, 2.45) is 0 Å². The van der Waals surface area contributed by atoms with Crippen molar-refractivity contribution in [2.75, 3.05) is 33.4 Å². The number of piperidine rings is 1. The van der Waals surface area contributed by atoms with Gasteiger partial charge in [-0.1, -0.05) is 11.3 Å². The van der Waals surface area contributed by atoms with Gasteiger partial charge in [-0.25, -0.2) is 13.8 Å². The summed E-state index contributed by atoms with van der Waals surface area (Å²) in [6.45, 7) is 5.70. The molecule has 2 aliphatic heterocycles. The predicted octanol–water partition coefficient (Wildman–Crippen LogP) is 3.38. The molecule has 234 valence electrons. The van der Waals surface area contributed by atoms with Crippen molar-refractivity contribution in [1.82, 2.24) is 29.0 Å². The number of carbonyl (C=O) groups excluding carboxylic acids is 1. The number of aromatic nitrogens is 5. The third kappa shape index (κ3) is 5.46. The summed E-state index contributed by atoms with van der Waals surface area (Å²) in [6.07, 6.45) is 4.33. The quantitative estimate of drug-likeness (QED) is 0.277. The van der Waals surface area contributed by atoms with E-state index in [0.717, 1.165) is 4.57 Å². The lowest BCUT2D eigenvalue weighted by Gasteiger charge is -2.32. The zero-order chi connectivity index (χ0) is 31.0. The molecular weight excluding hydrogens is 591 g/mol. The van der Waals surface area contributed by atoms with Crippen LogP contribution in [0.25, 0.3) is 15.2 Å². The third-order valence-corrected chi connectivity index (χ3v) is 9.71. The Kier molecular flexibility index (Phi) is 8.65. The normalized spacial score (nSPS) is 18.7. The van der Waals surface area contributed by atoms with Crippen molar-refractivity contribution < 1.29 is 23.4 Å². The molecule has 6 rings (SSSR count). The summed E-state index contributed by atoms with van der Waals surface area (Å²) in [7, 11) is 1.49. The number of carbonyl (C=O) groups is 1. The van der Waals surface area contributed by atoms with Crippen LogP contribution in [0, 0.1) is 12.7 Å². The second-order valence-electron chi connectivity index (χ2n) is 11.0. The number of fused-ring (bicyclic) bond motifs is 1. The predicted molar refractivity (Wildman–Crippen MR) is 161 cm³/mol. The molecule has 0 spiro atoms. The van der Waals surface area contributed by atoms with Crippen LogP contribution in [0.15, 0.2) is 40.2 Å². The van der Waals surface area contributed by atoms with E-state index in [9.17, 15) is 18.8 Å². The van der Waals surface area contributed by atoms with Gasteiger partial charge in [0, 0.05) is 37.4 Å². The SMILES string of the molecule is CCN1CCCC(n2c(=O)c3c(C)c(-n4nccn4)sc3n(C[C@H](OC3CCOCC3)c3cc(F)ccc3OC)c2=O)C1=O. The van der Waals surface area contributed by atoms with E-state index in [1.165, 1.54) is 58.4 Å². The molecule has 1 aromatic carbocycles. The number of methoxy groups -OCH3 is 1.